The van der Waals surface area contributed by atoms with Gasteiger partial charge in [0, 0.05) is 33.2 Å². The number of carbonyl (C=O) groups is 2. The second kappa shape index (κ2) is 9.00. The molecule has 2 rings (SSSR count). The van der Waals surface area contributed by atoms with Crippen LogP contribution in [0.2, 0.25) is 0 Å². The van der Waals surface area contributed by atoms with Gasteiger partial charge in [-0.2, -0.15) is 0 Å². The summed E-state index contributed by atoms with van der Waals surface area (Å²) in [5.74, 6) is -0.184. The van der Waals surface area contributed by atoms with Crippen LogP contribution in [0.25, 0.3) is 0 Å². The summed E-state index contributed by atoms with van der Waals surface area (Å²) in [6.45, 7) is 4.94. The smallest absolute Gasteiger partial charge is 0.321 e. The Bertz CT molecular complexity index is 634. The molecule has 7 heteroatoms. The number of ether oxygens (including phenoxy) is 1. The zero-order chi connectivity index (χ0) is 19.2. The monoisotopic (exact) mass is 362 g/mol. The molecule has 26 heavy (non-hydrogen) atoms. The van der Waals surface area contributed by atoms with E-state index in [9.17, 15) is 9.59 Å². The van der Waals surface area contributed by atoms with Crippen molar-refractivity contribution in [2.24, 2.45) is 5.41 Å². The number of urea groups is 1. The van der Waals surface area contributed by atoms with E-state index in [0.717, 1.165) is 31.5 Å². The lowest BCUT2D eigenvalue weighted by Crippen LogP contribution is -2.47. The second-order valence-electron chi connectivity index (χ2n) is 7.24. The zero-order valence-electron chi connectivity index (χ0n) is 16.1. The van der Waals surface area contributed by atoms with Crippen molar-refractivity contribution in [2.75, 3.05) is 52.8 Å². The van der Waals surface area contributed by atoms with E-state index in [4.69, 9.17) is 4.74 Å². The summed E-state index contributed by atoms with van der Waals surface area (Å²) in [5.41, 5.74) is 1.90. The summed E-state index contributed by atoms with van der Waals surface area (Å²) in [6, 6.07) is 5.17. The van der Waals surface area contributed by atoms with Crippen molar-refractivity contribution < 1.29 is 14.3 Å². The van der Waals surface area contributed by atoms with Gasteiger partial charge in [-0.1, -0.05) is 11.6 Å². The molecule has 0 spiro atoms. The van der Waals surface area contributed by atoms with Crippen molar-refractivity contribution in [3.05, 3.63) is 29.3 Å². The van der Waals surface area contributed by atoms with Gasteiger partial charge in [-0.15, -0.1) is 0 Å². The van der Waals surface area contributed by atoms with E-state index in [1.54, 1.807) is 33.3 Å². The molecule has 144 valence electrons. The van der Waals surface area contributed by atoms with Crippen molar-refractivity contribution in [2.45, 2.75) is 19.8 Å². The number of rotatable bonds is 6. The highest BCUT2D eigenvalue weighted by Gasteiger charge is 2.32. The Morgan fingerprint density at radius 3 is 2.58 bits per heavy atom. The molecule has 1 fully saturated rings. The number of nitrogens with one attached hydrogen (secondary N) is 3. The minimum Gasteiger partial charge on any atom is -0.384 e. The molecule has 0 radical (unpaired) electrons. The molecule has 0 bridgehead atoms. The van der Waals surface area contributed by atoms with Crippen LogP contribution in [0.5, 0.6) is 0 Å². The third-order valence-corrected chi connectivity index (χ3v) is 4.81. The molecular weight excluding hydrogens is 332 g/mol. The number of benzene rings is 1. The van der Waals surface area contributed by atoms with Gasteiger partial charge >= 0.3 is 6.03 Å². The summed E-state index contributed by atoms with van der Waals surface area (Å²) in [6.07, 6.45) is 1.91. The number of amides is 3. The Hall–Kier alpha value is -2.12. The van der Waals surface area contributed by atoms with Crippen molar-refractivity contribution in [1.29, 1.82) is 0 Å². The number of aryl methyl sites for hydroxylation is 1. The number of anilines is 1. The van der Waals surface area contributed by atoms with Crippen molar-refractivity contribution >= 4 is 17.6 Å². The van der Waals surface area contributed by atoms with Crippen LogP contribution in [0.4, 0.5) is 10.5 Å². The largest absolute Gasteiger partial charge is 0.384 e. The van der Waals surface area contributed by atoms with Gasteiger partial charge in [0.15, 0.2) is 0 Å². The van der Waals surface area contributed by atoms with Crippen LogP contribution in [0.15, 0.2) is 18.2 Å². The lowest BCUT2D eigenvalue weighted by Gasteiger charge is -2.37. The maximum Gasteiger partial charge on any atom is 0.321 e. The Morgan fingerprint density at radius 2 is 1.96 bits per heavy atom. The maximum absolute atomic E-state index is 12.8. The van der Waals surface area contributed by atoms with Crippen molar-refractivity contribution in [3.8, 4) is 0 Å². The number of methoxy groups -OCH3 is 1. The summed E-state index contributed by atoms with van der Waals surface area (Å²) < 4.78 is 5.40. The molecule has 1 aliphatic rings. The Morgan fingerprint density at radius 1 is 1.27 bits per heavy atom. The van der Waals surface area contributed by atoms with E-state index >= 15 is 0 Å². The fourth-order valence-corrected chi connectivity index (χ4v) is 3.18. The molecule has 1 saturated heterocycles. The first-order valence-corrected chi connectivity index (χ1v) is 8.94. The fraction of sp³-hybridized carbons (Fsp3) is 0.579. The van der Waals surface area contributed by atoms with Crippen LogP contribution in [0.3, 0.4) is 0 Å². The minimum absolute atomic E-state index is 0.0491. The Balaban J connectivity index is 2.12. The zero-order valence-corrected chi connectivity index (χ0v) is 16.1. The highest BCUT2D eigenvalue weighted by Crippen LogP contribution is 2.28. The van der Waals surface area contributed by atoms with Gasteiger partial charge in [0.2, 0.25) is 0 Å². The normalized spacial score (nSPS) is 16.0. The average Bonchev–Trinajstić information content (AvgIpc) is 2.62. The van der Waals surface area contributed by atoms with Gasteiger partial charge < -0.3 is 25.6 Å². The van der Waals surface area contributed by atoms with Gasteiger partial charge in [0.25, 0.3) is 5.91 Å². The third-order valence-electron chi connectivity index (χ3n) is 4.81. The van der Waals surface area contributed by atoms with Gasteiger partial charge in [0.1, 0.15) is 0 Å². The van der Waals surface area contributed by atoms with Crippen LogP contribution < -0.4 is 16.0 Å². The fourth-order valence-electron chi connectivity index (χ4n) is 3.18. The molecule has 3 amide bonds. The Labute approximate surface area is 155 Å². The van der Waals surface area contributed by atoms with Crippen molar-refractivity contribution in [3.63, 3.8) is 0 Å². The van der Waals surface area contributed by atoms with Gasteiger partial charge in [-0.25, -0.2) is 4.79 Å². The SMILES string of the molecule is COCC1(CNC(=O)c2cc(C)ccc2NC(=O)N(C)C)CCNCC1. The minimum atomic E-state index is -0.267. The van der Waals surface area contributed by atoms with Crippen LogP contribution in [0, 0.1) is 12.3 Å². The summed E-state index contributed by atoms with van der Waals surface area (Å²) in [7, 11) is 5.02. The number of nitrogens with zero attached hydrogens (tertiary/aromatic N) is 1. The van der Waals surface area contributed by atoms with Crippen LogP contribution in [-0.2, 0) is 4.74 Å². The Kier molecular flexibility index (Phi) is 6.99. The lowest BCUT2D eigenvalue weighted by atomic mass is 9.79. The van der Waals surface area contributed by atoms with Gasteiger partial charge in [-0.3, -0.25) is 4.79 Å². The summed E-state index contributed by atoms with van der Waals surface area (Å²) in [5, 5.41) is 9.18. The molecular formula is C19H30N4O3. The van der Waals surface area contributed by atoms with Crippen LogP contribution in [-0.4, -0.2) is 64.3 Å². The molecule has 1 aromatic rings. The van der Waals surface area contributed by atoms with E-state index < -0.39 is 0 Å². The predicted octanol–water partition coefficient (Wildman–Crippen LogP) is 1.83. The second-order valence-corrected chi connectivity index (χ2v) is 7.24. The molecule has 1 aliphatic heterocycles. The first-order valence-electron chi connectivity index (χ1n) is 8.94. The van der Waals surface area contributed by atoms with Gasteiger partial charge in [0.05, 0.1) is 17.9 Å². The topological polar surface area (TPSA) is 82.7 Å². The third kappa shape index (κ3) is 5.19. The molecule has 0 atom stereocenters. The molecule has 1 aromatic carbocycles. The molecule has 0 aromatic heterocycles. The van der Waals surface area contributed by atoms with Gasteiger partial charge in [-0.05, 0) is 45.0 Å². The van der Waals surface area contributed by atoms with E-state index in [-0.39, 0.29) is 17.4 Å². The number of hydrogen-bond acceptors (Lipinski definition) is 4. The molecule has 3 N–H and O–H groups in total. The van der Waals surface area contributed by atoms with E-state index in [2.05, 4.69) is 16.0 Å². The molecule has 0 saturated carbocycles. The summed E-state index contributed by atoms with van der Waals surface area (Å²) >= 11 is 0. The molecule has 1 heterocycles. The highest BCUT2D eigenvalue weighted by molar-refractivity contribution is 6.03. The number of carbonyl (C=O) groups excluding carboxylic acids is 2. The van der Waals surface area contributed by atoms with E-state index in [0.29, 0.717) is 24.4 Å². The quantitative estimate of drug-likeness (QED) is 0.721. The maximum atomic E-state index is 12.8. The number of hydrogen-bond donors (Lipinski definition) is 3. The molecule has 0 unspecified atom stereocenters. The van der Waals surface area contributed by atoms with Crippen LogP contribution in [0.1, 0.15) is 28.8 Å². The number of piperidine rings is 1. The van der Waals surface area contributed by atoms with Crippen molar-refractivity contribution in [1.82, 2.24) is 15.5 Å². The lowest BCUT2D eigenvalue weighted by molar-refractivity contribution is 0.0512. The summed E-state index contributed by atoms with van der Waals surface area (Å²) in [4.78, 5) is 26.2. The predicted molar refractivity (Wildman–Crippen MR) is 103 cm³/mol. The van der Waals surface area contributed by atoms with Crippen LogP contribution >= 0.6 is 0 Å². The average molecular weight is 362 g/mol. The van der Waals surface area contributed by atoms with E-state index in [1.165, 1.54) is 4.90 Å². The standard InChI is InChI=1S/C19H30N4O3/c1-14-5-6-16(22-18(25)23(2)3)15(11-14)17(24)21-12-19(13-26-4)7-9-20-10-8-19/h5-6,11,20H,7-10,12-13H2,1-4H3,(H,21,24)(H,22,25). The molecule has 0 aliphatic carbocycles. The molecule has 7 nitrogen and oxygen atoms in total. The first kappa shape index (κ1) is 20.2. The highest BCUT2D eigenvalue weighted by atomic mass is 16.5. The first-order chi connectivity index (χ1) is 12.4. The van der Waals surface area contributed by atoms with E-state index in [1.807, 2.05) is 13.0 Å².